The molecule has 1 fully saturated rings. The number of hydrogen-bond donors (Lipinski definition) is 3. The molecule has 1 saturated heterocycles. The van der Waals surface area contributed by atoms with E-state index in [-0.39, 0.29) is 11.8 Å². The molecule has 0 saturated carbocycles. The van der Waals surface area contributed by atoms with E-state index in [4.69, 9.17) is 0 Å². The Balaban J connectivity index is 0.00000124. The number of amides is 2. The summed E-state index contributed by atoms with van der Waals surface area (Å²) in [7, 11) is 0. The van der Waals surface area contributed by atoms with E-state index in [1.54, 1.807) is 0 Å². The van der Waals surface area contributed by atoms with Crippen LogP contribution in [0.4, 0.5) is 0 Å². The Morgan fingerprint density at radius 3 is 2.53 bits per heavy atom. The molecule has 0 spiro atoms. The molecule has 1 aliphatic heterocycles. The van der Waals surface area contributed by atoms with Crippen molar-refractivity contribution in [1.82, 2.24) is 15.6 Å². The van der Waals surface area contributed by atoms with Crippen molar-refractivity contribution < 1.29 is 9.59 Å². The van der Waals surface area contributed by atoms with Gasteiger partial charge in [0.1, 0.15) is 0 Å². The summed E-state index contributed by atoms with van der Waals surface area (Å²) in [5.74, 6) is 0.690. The quantitative estimate of drug-likeness (QED) is 0.668. The highest BCUT2D eigenvalue weighted by molar-refractivity contribution is 5.97. The van der Waals surface area contributed by atoms with E-state index in [1.807, 2.05) is 13.8 Å². The van der Waals surface area contributed by atoms with Crippen molar-refractivity contribution in [3.8, 4) is 0 Å². The molecule has 4 rings (SSSR count). The Kier molecular flexibility index (Phi) is 7.35. The summed E-state index contributed by atoms with van der Waals surface area (Å²) >= 11 is 0. The lowest BCUT2D eigenvalue weighted by molar-refractivity contribution is -0.119. The first-order valence-electron chi connectivity index (χ1n) is 11.4. The fourth-order valence-corrected chi connectivity index (χ4v) is 4.64. The van der Waals surface area contributed by atoms with Crippen LogP contribution in [0.25, 0.3) is 0 Å². The van der Waals surface area contributed by atoms with Crippen molar-refractivity contribution in [1.29, 1.82) is 0 Å². The molecule has 30 heavy (non-hydrogen) atoms. The molecule has 2 heterocycles. The fraction of sp³-hybridized carbons (Fsp3) is 0.520. The molecule has 0 radical (unpaired) electrons. The minimum Gasteiger partial charge on any atom is -0.361 e. The number of nitrogens with one attached hydrogen (secondary N) is 3. The molecule has 0 bridgehead atoms. The molecule has 2 aromatic rings. The first-order chi connectivity index (χ1) is 14.5. The lowest BCUT2D eigenvalue weighted by Gasteiger charge is -2.16. The number of rotatable bonds is 6. The maximum absolute atomic E-state index is 13.0. The highest BCUT2D eigenvalue weighted by Crippen LogP contribution is 2.35. The van der Waals surface area contributed by atoms with Crippen LogP contribution >= 0.6 is 0 Å². The Morgan fingerprint density at radius 2 is 1.90 bits per heavy atom. The zero-order valence-electron chi connectivity index (χ0n) is 18.7. The minimum absolute atomic E-state index is 0.0183. The average Bonchev–Trinajstić information content (AvgIpc) is 3.42. The monoisotopic (exact) mass is 409 g/mol. The minimum atomic E-state index is 0.0183. The number of aryl methyl sites for hydroxylation is 2. The van der Waals surface area contributed by atoms with Crippen molar-refractivity contribution in [3.63, 3.8) is 0 Å². The predicted octanol–water partition coefficient (Wildman–Crippen LogP) is 4.23. The third kappa shape index (κ3) is 4.94. The van der Waals surface area contributed by atoms with Crippen LogP contribution in [0.2, 0.25) is 0 Å². The number of H-pyrrole nitrogens is 1. The third-order valence-electron chi connectivity index (χ3n) is 6.11. The molecule has 2 aliphatic rings. The van der Waals surface area contributed by atoms with E-state index in [2.05, 4.69) is 53.7 Å². The predicted molar refractivity (Wildman–Crippen MR) is 121 cm³/mol. The summed E-state index contributed by atoms with van der Waals surface area (Å²) < 4.78 is 0. The maximum atomic E-state index is 13.0. The number of hydrogen-bond acceptors (Lipinski definition) is 2. The van der Waals surface area contributed by atoms with Crippen LogP contribution < -0.4 is 10.6 Å². The highest BCUT2D eigenvalue weighted by atomic mass is 16.2. The molecule has 5 heteroatoms. The second-order valence-corrected chi connectivity index (χ2v) is 8.27. The molecule has 2 amide bonds. The van der Waals surface area contributed by atoms with Gasteiger partial charge in [-0.2, -0.15) is 0 Å². The topological polar surface area (TPSA) is 74.0 Å². The first-order valence-corrected chi connectivity index (χ1v) is 11.4. The van der Waals surface area contributed by atoms with E-state index in [9.17, 15) is 9.59 Å². The van der Waals surface area contributed by atoms with Gasteiger partial charge in [-0.1, -0.05) is 50.6 Å². The van der Waals surface area contributed by atoms with Gasteiger partial charge in [-0.25, -0.2) is 0 Å². The number of aromatic amines is 1. The number of carbonyl (C=O) groups is 2. The lowest BCUT2D eigenvalue weighted by atomic mass is 9.95. The van der Waals surface area contributed by atoms with Crippen LogP contribution in [0.3, 0.4) is 0 Å². The normalized spacial score (nSPS) is 19.7. The molecular formula is C25H35N3O2. The van der Waals surface area contributed by atoms with Gasteiger partial charge in [0, 0.05) is 30.4 Å². The van der Waals surface area contributed by atoms with Crippen molar-refractivity contribution in [2.45, 2.75) is 78.8 Å². The molecule has 3 N–H and O–H groups in total. The smallest absolute Gasteiger partial charge is 0.253 e. The standard InChI is InChI=1S/C23H29N3O2.C2H6/c1-3-19-22(23(28)24-13-15-6-4-14(2)5-7-15)18-11-16(12-20(18)26-19)10-17-8-9-21(27)25-17;1-2/h4-7,16-17,26H,3,8-13H2,1-2H3,(H,24,28)(H,25,27);1-2H3. The van der Waals surface area contributed by atoms with Gasteiger partial charge in [0.2, 0.25) is 5.91 Å². The van der Waals surface area contributed by atoms with Crippen LogP contribution in [0.15, 0.2) is 24.3 Å². The molecule has 2 atom stereocenters. The second-order valence-electron chi connectivity index (χ2n) is 8.27. The summed E-state index contributed by atoms with van der Waals surface area (Å²) in [4.78, 5) is 28.0. The molecule has 162 valence electrons. The van der Waals surface area contributed by atoms with E-state index >= 15 is 0 Å². The van der Waals surface area contributed by atoms with Crippen LogP contribution in [0.5, 0.6) is 0 Å². The second kappa shape index (κ2) is 9.96. The van der Waals surface area contributed by atoms with Gasteiger partial charge < -0.3 is 15.6 Å². The lowest BCUT2D eigenvalue weighted by Crippen LogP contribution is -2.28. The van der Waals surface area contributed by atoms with E-state index in [0.29, 0.717) is 24.9 Å². The molecule has 5 nitrogen and oxygen atoms in total. The van der Waals surface area contributed by atoms with Crippen molar-refractivity contribution in [3.05, 3.63) is 57.9 Å². The number of benzene rings is 1. The summed E-state index contributed by atoms with van der Waals surface area (Å²) in [6.07, 6.45) is 5.30. The molecular weight excluding hydrogens is 374 g/mol. The summed E-state index contributed by atoms with van der Waals surface area (Å²) in [6, 6.07) is 8.55. The summed E-state index contributed by atoms with van der Waals surface area (Å²) in [5.41, 5.74) is 6.62. The number of carbonyl (C=O) groups excluding carboxylic acids is 2. The van der Waals surface area contributed by atoms with Crippen LogP contribution in [0, 0.1) is 12.8 Å². The van der Waals surface area contributed by atoms with E-state index < -0.39 is 0 Å². The van der Waals surface area contributed by atoms with Crippen molar-refractivity contribution in [2.24, 2.45) is 5.92 Å². The molecule has 1 aromatic carbocycles. The Bertz CT molecular complexity index is 883. The first kappa shape index (κ1) is 22.1. The Morgan fingerprint density at radius 1 is 1.17 bits per heavy atom. The highest BCUT2D eigenvalue weighted by Gasteiger charge is 2.33. The van der Waals surface area contributed by atoms with Gasteiger partial charge in [0.25, 0.3) is 5.91 Å². The largest absolute Gasteiger partial charge is 0.361 e. The van der Waals surface area contributed by atoms with Crippen molar-refractivity contribution >= 4 is 11.8 Å². The fourth-order valence-electron chi connectivity index (χ4n) is 4.64. The zero-order chi connectivity index (χ0) is 21.7. The maximum Gasteiger partial charge on any atom is 0.253 e. The van der Waals surface area contributed by atoms with Gasteiger partial charge in [-0.15, -0.1) is 0 Å². The Labute approximate surface area is 180 Å². The zero-order valence-corrected chi connectivity index (χ0v) is 18.7. The van der Waals surface area contributed by atoms with Crippen LogP contribution in [-0.4, -0.2) is 22.8 Å². The van der Waals surface area contributed by atoms with Crippen molar-refractivity contribution in [2.75, 3.05) is 0 Å². The number of aromatic nitrogens is 1. The van der Waals surface area contributed by atoms with Gasteiger partial charge in [0.05, 0.1) is 5.56 Å². The van der Waals surface area contributed by atoms with Gasteiger partial charge in [-0.05, 0) is 56.1 Å². The molecule has 1 aromatic heterocycles. The van der Waals surface area contributed by atoms with Crippen LogP contribution in [-0.2, 0) is 30.6 Å². The summed E-state index contributed by atoms with van der Waals surface area (Å²) in [6.45, 7) is 8.69. The third-order valence-corrected chi connectivity index (χ3v) is 6.11. The SMILES string of the molecule is CC.CCc1[nH]c2c(c1C(=O)NCc1ccc(C)cc1)CC(CC1CCC(=O)N1)C2. The number of fused-ring (bicyclic) bond motifs is 1. The van der Waals surface area contributed by atoms with E-state index in [1.165, 1.54) is 16.8 Å². The Hall–Kier alpha value is -2.56. The van der Waals surface area contributed by atoms with Gasteiger partial charge in [0.15, 0.2) is 0 Å². The summed E-state index contributed by atoms with van der Waals surface area (Å²) in [5, 5.41) is 6.18. The molecule has 2 unspecified atom stereocenters. The van der Waals surface area contributed by atoms with Gasteiger partial charge in [-0.3, -0.25) is 9.59 Å². The van der Waals surface area contributed by atoms with Gasteiger partial charge >= 0.3 is 0 Å². The van der Waals surface area contributed by atoms with Crippen LogP contribution in [0.1, 0.15) is 78.5 Å². The molecule has 1 aliphatic carbocycles. The van der Waals surface area contributed by atoms with E-state index in [0.717, 1.165) is 48.9 Å². The average molecular weight is 410 g/mol.